The van der Waals surface area contributed by atoms with E-state index in [4.69, 9.17) is 23.8 Å². The van der Waals surface area contributed by atoms with Crippen molar-refractivity contribution >= 4 is 63.5 Å². The first-order valence-corrected chi connectivity index (χ1v) is 9.49. The van der Waals surface area contributed by atoms with Crippen molar-refractivity contribution in [3.05, 3.63) is 70.1 Å². The van der Waals surface area contributed by atoms with Gasteiger partial charge in [-0.15, -0.1) is 0 Å². The zero-order valence-corrected chi connectivity index (χ0v) is 16.0. The molecule has 2 amide bonds. The second-order valence-corrected chi connectivity index (χ2v) is 7.61. The summed E-state index contributed by atoms with van der Waals surface area (Å²) in [6.07, 6.45) is 1.94. The first-order valence-electron chi connectivity index (χ1n) is 7.89. The van der Waals surface area contributed by atoms with E-state index in [0.29, 0.717) is 19.9 Å². The van der Waals surface area contributed by atoms with Crippen LogP contribution in [0, 0.1) is 0 Å². The number of carbonyl (C=O) groups is 2. The van der Waals surface area contributed by atoms with Gasteiger partial charge in [-0.05, 0) is 23.8 Å². The van der Waals surface area contributed by atoms with Crippen molar-refractivity contribution in [3.63, 3.8) is 0 Å². The molecular weight excluding hydrogens is 388 g/mol. The molecule has 26 heavy (non-hydrogen) atoms. The quantitative estimate of drug-likeness (QED) is 0.588. The maximum absolute atomic E-state index is 12.5. The summed E-state index contributed by atoms with van der Waals surface area (Å²) in [6.45, 7) is 0.229. The second kappa shape index (κ2) is 8.49. The van der Waals surface area contributed by atoms with Gasteiger partial charge in [-0.1, -0.05) is 78.0 Å². The third kappa shape index (κ3) is 4.52. The molecule has 2 aromatic carbocycles. The standard InChI is InChI=1S/C19H15ClN2O2S2/c20-14-8-4-5-9-15(14)21-17(23)10-11-22-18(24)16(26-19(22)25)12-13-6-2-1-3-7-13/h1-9,12H,10-11H2,(H,21,23)/b16-12+. The van der Waals surface area contributed by atoms with Crippen molar-refractivity contribution in [2.75, 3.05) is 11.9 Å². The van der Waals surface area contributed by atoms with E-state index in [1.54, 1.807) is 24.3 Å². The molecule has 0 aliphatic carbocycles. The molecular formula is C19H15ClN2O2S2. The molecule has 1 heterocycles. The highest BCUT2D eigenvalue weighted by atomic mass is 35.5. The minimum absolute atomic E-state index is 0.135. The monoisotopic (exact) mass is 402 g/mol. The fraction of sp³-hybridized carbons (Fsp3) is 0.105. The first kappa shape index (κ1) is 18.6. The Bertz CT molecular complexity index is 884. The number of carbonyl (C=O) groups excluding carboxylic acids is 2. The Labute approximate surface area is 166 Å². The van der Waals surface area contributed by atoms with E-state index in [1.807, 2.05) is 36.4 Å². The lowest BCUT2D eigenvalue weighted by molar-refractivity contribution is -0.122. The van der Waals surface area contributed by atoms with E-state index < -0.39 is 0 Å². The molecule has 0 aromatic heterocycles. The zero-order chi connectivity index (χ0) is 18.5. The molecule has 0 bridgehead atoms. The molecule has 2 aromatic rings. The van der Waals surface area contributed by atoms with Gasteiger partial charge in [0, 0.05) is 13.0 Å². The largest absolute Gasteiger partial charge is 0.325 e. The van der Waals surface area contributed by atoms with Crippen LogP contribution in [0.25, 0.3) is 6.08 Å². The molecule has 0 atom stereocenters. The summed E-state index contributed by atoms with van der Waals surface area (Å²) in [5.74, 6) is -0.395. The molecule has 3 rings (SSSR count). The smallest absolute Gasteiger partial charge is 0.266 e. The number of thioether (sulfide) groups is 1. The van der Waals surface area contributed by atoms with Crippen LogP contribution in [-0.2, 0) is 9.59 Å². The molecule has 0 saturated carbocycles. The third-order valence-electron chi connectivity index (χ3n) is 3.68. The molecule has 132 valence electrons. The van der Waals surface area contributed by atoms with Crippen LogP contribution in [-0.4, -0.2) is 27.6 Å². The average Bonchev–Trinajstić information content (AvgIpc) is 2.89. The van der Waals surface area contributed by atoms with E-state index in [1.165, 1.54) is 16.7 Å². The van der Waals surface area contributed by atoms with Crippen molar-refractivity contribution < 1.29 is 9.59 Å². The fourth-order valence-corrected chi connectivity index (χ4v) is 3.87. The molecule has 1 fully saturated rings. The number of para-hydroxylation sites is 1. The lowest BCUT2D eigenvalue weighted by atomic mass is 10.2. The fourth-order valence-electron chi connectivity index (χ4n) is 2.38. The molecule has 0 unspecified atom stereocenters. The van der Waals surface area contributed by atoms with E-state index in [2.05, 4.69) is 5.32 Å². The molecule has 1 saturated heterocycles. The second-order valence-electron chi connectivity index (χ2n) is 5.52. The molecule has 0 spiro atoms. The molecule has 1 aliphatic rings. The molecule has 1 aliphatic heterocycles. The number of benzene rings is 2. The molecule has 4 nitrogen and oxygen atoms in total. The van der Waals surface area contributed by atoms with Crippen molar-refractivity contribution in [3.8, 4) is 0 Å². The van der Waals surface area contributed by atoms with Crippen LogP contribution in [0.4, 0.5) is 5.69 Å². The predicted molar refractivity (Wildman–Crippen MR) is 111 cm³/mol. The van der Waals surface area contributed by atoms with Crippen molar-refractivity contribution in [2.24, 2.45) is 0 Å². The van der Waals surface area contributed by atoms with Gasteiger partial charge < -0.3 is 5.32 Å². The SMILES string of the molecule is O=C(CCN1C(=O)/C(=C\c2ccccc2)SC1=S)Nc1ccccc1Cl. The number of amides is 2. The summed E-state index contributed by atoms with van der Waals surface area (Å²) in [4.78, 5) is 26.7. The van der Waals surface area contributed by atoms with Gasteiger partial charge in [0.1, 0.15) is 4.32 Å². The number of nitrogens with one attached hydrogen (secondary N) is 1. The van der Waals surface area contributed by atoms with E-state index in [0.717, 1.165) is 5.56 Å². The minimum atomic E-state index is -0.223. The summed E-state index contributed by atoms with van der Waals surface area (Å²) in [5, 5.41) is 3.21. The summed E-state index contributed by atoms with van der Waals surface area (Å²) in [5.41, 5.74) is 1.48. The number of thiocarbonyl (C=S) groups is 1. The Kier molecular flexibility index (Phi) is 6.08. The van der Waals surface area contributed by atoms with Gasteiger partial charge in [-0.3, -0.25) is 14.5 Å². The summed E-state index contributed by atoms with van der Waals surface area (Å²) >= 11 is 12.6. The van der Waals surface area contributed by atoms with E-state index in [9.17, 15) is 9.59 Å². The predicted octanol–water partition coefficient (Wildman–Crippen LogP) is 4.57. The maximum atomic E-state index is 12.5. The Morgan fingerprint density at radius 3 is 2.58 bits per heavy atom. The Hall–Kier alpha value is -2.15. The Morgan fingerprint density at radius 2 is 1.85 bits per heavy atom. The zero-order valence-electron chi connectivity index (χ0n) is 13.6. The van der Waals surface area contributed by atoms with Crippen LogP contribution in [0.3, 0.4) is 0 Å². The van der Waals surface area contributed by atoms with Gasteiger partial charge in [0.05, 0.1) is 15.6 Å². The number of halogens is 1. The van der Waals surface area contributed by atoms with Gasteiger partial charge in [0.15, 0.2) is 0 Å². The highest BCUT2D eigenvalue weighted by Crippen LogP contribution is 2.32. The molecule has 7 heteroatoms. The summed E-state index contributed by atoms with van der Waals surface area (Å²) < 4.78 is 0.461. The molecule has 1 N–H and O–H groups in total. The molecule has 0 radical (unpaired) electrons. The normalized spacial score (nSPS) is 15.6. The number of hydrogen-bond donors (Lipinski definition) is 1. The summed E-state index contributed by atoms with van der Waals surface area (Å²) in [6, 6.07) is 16.6. The van der Waals surface area contributed by atoms with Gasteiger partial charge in [0.2, 0.25) is 5.91 Å². The van der Waals surface area contributed by atoms with Crippen LogP contribution in [0.5, 0.6) is 0 Å². The van der Waals surface area contributed by atoms with Crippen LogP contribution in [0.15, 0.2) is 59.5 Å². The Balaban J connectivity index is 1.61. The van der Waals surface area contributed by atoms with Crippen molar-refractivity contribution in [1.29, 1.82) is 0 Å². The lowest BCUT2D eigenvalue weighted by Gasteiger charge is -2.14. The van der Waals surface area contributed by atoms with Crippen LogP contribution in [0.1, 0.15) is 12.0 Å². The topological polar surface area (TPSA) is 49.4 Å². The van der Waals surface area contributed by atoms with Crippen LogP contribution < -0.4 is 5.32 Å². The highest BCUT2D eigenvalue weighted by Gasteiger charge is 2.32. The number of hydrogen-bond acceptors (Lipinski definition) is 4. The third-order valence-corrected chi connectivity index (χ3v) is 5.39. The van der Waals surface area contributed by atoms with E-state index >= 15 is 0 Å². The van der Waals surface area contributed by atoms with Gasteiger partial charge in [-0.25, -0.2) is 0 Å². The van der Waals surface area contributed by atoms with Crippen molar-refractivity contribution in [2.45, 2.75) is 6.42 Å². The number of rotatable bonds is 5. The maximum Gasteiger partial charge on any atom is 0.266 e. The number of nitrogens with zero attached hydrogens (tertiary/aromatic N) is 1. The lowest BCUT2D eigenvalue weighted by Crippen LogP contribution is -2.31. The highest BCUT2D eigenvalue weighted by molar-refractivity contribution is 8.26. The van der Waals surface area contributed by atoms with Crippen molar-refractivity contribution in [1.82, 2.24) is 4.90 Å². The van der Waals surface area contributed by atoms with Crippen LogP contribution in [0.2, 0.25) is 5.02 Å². The average molecular weight is 403 g/mol. The first-order chi connectivity index (χ1) is 12.5. The minimum Gasteiger partial charge on any atom is -0.325 e. The van der Waals surface area contributed by atoms with Gasteiger partial charge in [-0.2, -0.15) is 0 Å². The number of anilines is 1. The Morgan fingerprint density at radius 1 is 1.15 bits per heavy atom. The summed E-state index contributed by atoms with van der Waals surface area (Å²) in [7, 11) is 0. The van der Waals surface area contributed by atoms with Gasteiger partial charge in [0.25, 0.3) is 5.91 Å². The van der Waals surface area contributed by atoms with Gasteiger partial charge >= 0.3 is 0 Å². The van der Waals surface area contributed by atoms with E-state index in [-0.39, 0.29) is 24.8 Å². The van der Waals surface area contributed by atoms with Crippen LogP contribution >= 0.6 is 35.6 Å².